The van der Waals surface area contributed by atoms with E-state index in [1.807, 2.05) is 0 Å². The first-order valence-electron chi connectivity index (χ1n) is 6.15. The Bertz CT molecular complexity index is 574. The van der Waals surface area contributed by atoms with E-state index in [0.717, 1.165) is 6.42 Å². The summed E-state index contributed by atoms with van der Waals surface area (Å²) >= 11 is 0. The fourth-order valence-electron chi connectivity index (χ4n) is 2.91. The van der Waals surface area contributed by atoms with Gasteiger partial charge < -0.3 is 0 Å². The van der Waals surface area contributed by atoms with Gasteiger partial charge >= 0.3 is 0 Å². The van der Waals surface area contributed by atoms with E-state index < -0.39 is 0 Å². The Morgan fingerprint density at radius 1 is 0.765 bits per heavy atom. The van der Waals surface area contributed by atoms with E-state index in [4.69, 9.17) is 0 Å². The van der Waals surface area contributed by atoms with Crippen LogP contribution in [0.4, 0.5) is 0 Å². The topological polar surface area (TPSA) is 0 Å². The highest BCUT2D eigenvalue weighted by molar-refractivity contribution is 5.79. The van der Waals surface area contributed by atoms with Crippen molar-refractivity contribution in [2.75, 3.05) is 0 Å². The Morgan fingerprint density at radius 3 is 1.82 bits per heavy atom. The van der Waals surface area contributed by atoms with Crippen LogP contribution in [0.15, 0.2) is 60.2 Å². The standard InChI is InChI=1S/C17H13/c1-3-7-15-13(5-1)14-6-2-4-8-16(14)17(15)11-12-9-10-12/h1-10,17H,11H2. The maximum atomic E-state index is 2.28. The van der Waals surface area contributed by atoms with Crippen LogP contribution in [0.2, 0.25) is 0 Å². The smallest absolute Gasteiger partial charge is 0.0139 e. The third-order valence-corrected chi connectivity index (χ3v) is 3.80. The highest BCUT2D eigenvalue weighted by Crippen LogP contribution is 2.48. The highest BCUT2D eigenvalue weighted by Gasteiger charge is 2.29. The lowest BCUT2D eigenvalue weighted by atomic mass is 9.92. The fraction of sp³-hybridized carbons (Fsp3) is 0.118. The first-order chi connectivity index (χ1) is 8.43. The molecule has 2 aliphatic rings. The summed E-state index contributed by atoms with van der Waals surface area (Å²) in [5.74, 6) is 0.562. The molecule has 1 radical (unpaired) electrons. The van der Waals surface area contributed by atoms with Crippen LogP contribution in [-0.2, 0) is 0 Å². The van der Waals surface area contributed by atoms with Gasteiger partial charge in [-0.05, 0) is 28.7 Å². The minimum atomic E-state index is 0.562. The summed E-state index contributed by atoms with van der Waals surface area (Å²) in [7, 11) is 0. The second-order valence-corrected chi connectivity index (χ2v) is 4.84. The molecule has 2 aromatic rings. The number of hydrogen-bond acceptors (Lipinski definition) is 0. The average molecular weight is 217 g/mol. The van der Waals surface area contributed by atoms with Crippen LogP contribution in [0.25, 0.3) is 11.1 Å². The van der Waals surface area contributed by atoms with Crippen LogP contribution in [0.1, 0.15) is 23.5 Å². The first-order valence-corrected chi connectivity index (χ1v) is 6.15. The highest BCUT2D eigenvalue weighted by atomic mass is 14.3. The Labute approximate surface area is 102 Å². The third kappa shape index (κ3) is 1.37. The lowest BCUT2D eigenvalue weighted by Gasteiger charge is -2.11. The molecule has 0 spiro atoms. The zero-order valence-corrected chi connectivity index (χ0v) is 9.56. The van der Waals surface area contributed by atoms with Gasteiger partial charge in [-0.3, -0.25) is 0 Å². The van der Waals surface area contributed by atoms with E-state index >= 15 is 0 Å². The van der Waals surface area contributed by atoms with Crippen molar-refractivity contribution in [2.24, 2.45) is 0 Å². The molecule has 81 valence electrons. The van der Waals surface area contributed by atoms with Crippen molar-refractivity contribution in [1.29, 1.82) is 0 Å². The predicted octanol–water partition coefficient (Wildman–Crippen LogP) is 4.33. The summed E-state index contributed by atoms with van der Waals surface area (Å²) in [5, 5.41) is 0. The molecule has 2 aliphatic carbocycles. The molecule has 0 fully saturated rings. The molecule has 0 unspecified atom stereocenters. The van der Waals surface area contributed by atoms with Crippen molar-refractivity contribution in [3.8, 4) is 11.1 Å². The Balaban J connectivity index is 1.91. The van der Waals surface area contributed by atoms with Crippen LogP contribution < -0.4 is 0 Å². The largest absolute Gasteiger partial charge is 0.0766 e. The number of hydrogen-bond donors (Lipinski definition) is 0. The molecule has 0 aliphatic heterocycles. The van der Waals surface area contributed by atoms with Gasteiger partial charge in [-0.25, -0.2) is 0 Å². The molecule has 4 rings (SSSR count). The summed E-state index contributed by atoms with van der Waals surface area (Å²) in [6.07, 6.45) is 5.61. The number of benzene rings is 2. The summed E-state index contributed by atoms with van der Waals surface area (Å²) in [5.41, 5.74) is 7.34. The van der Waals surface area contributed by atoms with Gasteiger partial charge in [-0.2, -0.15) is 0 Å². The fourth-order valence-corrected chi connectivity index (χ4v) is 2.91. The molecule has 0 heteroatoms. The quantitative estimate of drug-likeness (QED) is 0.702. The molecular weight excluding hydrogens is 204 g/mol. The molecule has 0 atom stereocenters. The minimum Gasteiger partial charge on any atom is -0.0766 e. The van der Waals surface area contributed by atoms with Crippen molar-refractivity contribution in [2.45, 2.75) is 12.3 Å². The monoisotopic (exact) mass is 217 g/mol. The Hall–Kier alpha value is -1.82. The average Bonchev–Trinajstić information content (AvgIpc) is 3.15. The van der Waals surface area contributed by atoms with Gasteiger partial charge in [-0.15, -0.1) is 0 Å². The Kier molecular flexibility index (Phi) is 1.81. The van der Waals surface area contributed by atoms with Crippen LogP contribution in [0, 0.1) is 6.42 Å². The number of allylic oxidation sites excluding steroid dienone is 2. The van der Waals surface area contributed by atoms with Crippen LogP contribution in [0.3, 0.4) is 0 Å². The van der Waals surface area contributed by atoms with Gasteiger partial charge in [0.2, 0.25) is 0 Å². The van der Waals surface area contributed by atoms with Gasteiger partial charge in [0.25, 0.3) is 0 Å². The third-order valence-electron chi connectivity index (χ3n) is 3.80. The molecular formula is C17H13. The van der Waals surface area contributed by atoms with E-state index in [1.165, 1.54) is 27.8 Å². The van der Waals surface area contributed by atoms with E-state index in [-0.39, 0.29) is 0 Å². The summed E-state index contributed by atoms with van der Waals surface area (Å²) in [6, 6.07) is 17.6. The molecule has 0 aromatic heterocycles. The van der Waals surface area contributed by atoms with Crippen molar-refractivity contribution in [1.82, 2.24) is 0 Å². The second kappa shape index (κ2) is 3.33. The van der Waals surface area contributed by atoms with Crippen molar-refractivity contribution < 1.29 is 0 Å². The Morgan fingerprint density at radius 2 is 1.29 bits per heavy atom. The molecule has 0 heterocycles. The zero-order valence-electron chi connectivity index (χ0n) is 9.56. The molecule has 0 saturated carbocycles. The number of rotatable bonds is 2. The van der Waals surface area contributed by atoms with Crippen molar-refractivity contribution in [3.05, 3.63) is 77.7 Å². The van der Waals surface area contributed by atoms with Crippen molar-refractivity contribution >= 4 is 0 Å². The molecule has 2 aromatic carbocycles. The van der Waals surface area contributed by atoms with Gasteiger partial charge in [-0.1, -0.05) is 60.2 Å². The molecule has 0 bridgehead atoms. The summed E-state index contributed by atoms with van der Waals surface area (Å²) in [4.78, 5) is 0. The normalized spacial score (nSPS) is 16.4. The zero-order chi connectivity index (χ0) is 11.2. The van der Waals surface area contributed by atoms with E-state index in [0.29, 0.717) is 5.92 Å². The lowest BCUT2D eigenvalue weighted by Crippen LogP contribution is -1.95. The maximum Gasteiger partial charge on any atom is 0.0139 e. The van der Waals surface area contributed by atoms with E-state index in [2.05, 4.69) is 61.0 Å². The summed E-state index contributed by atoms with van der Waals surface area (Å²) < 4.78 is 0. The van der Waals surface area contributed by atoms with E-state index in [1.54, 1.807) is 0 Å². The van der Waals surface area contributed by atoms with Crippen LogP contribution in [-0.4, -0.2) is 0 Å². The van der Waals surface area contributed by atoms with Crippen molar-refractivity contribution in [3.63, 3.8) is 0 Å². The van der Waals surface area contributed by atoms with Gasteiger partial charge in [0.05, 0.1) is 0 Å². The molecule has 0 N–H and O–H groups in total. The second-order valence-electron chi connectivity index (χ2n) is 4.84. The van der Waals surface area contributed by atoms with Gasteiger partial charge in [0.15, 0.2) is 0 Å². The first kappa shape index (κ1) is 9.23. The lowest BCUT2D eigenvalue weighted by molar-refractivity contribution is 0.842. The molecule has 0 saturated heterocycles. The van der Waals surface area contributed by atoms with E-state index in [9.17, 15) is 0 Å². The molecule has 17 heavy (non-hydrogen) atoms. The van der Waals surface area contributed by atoms with Gasteiger partial charge in [0.1, 0.15) is 0 Å². The molecule has 0 nitrogen and oxygen atoms in total. The maximum absolute atomic E-state index is 2.28. The number of fused-ring (bicyclic) bond motifs is 3. The predicted molar refractivity (Wildman–Crippen MR) is 70.7 cm³/mol. The van der Waals surface area contributed by atoms with Crippen LogP contribution in [0.5, 0.6) is 0 Å². The summed E-state index contributed by atoms with van der Waals surface area (Å²) in [6.45, 7) is 0. The van der Waals surface area contributed by atoms with Crippen LogP contribution >= 0.6 is 0 Å². The van der Waals surface area contributed by atoms with Gasteiger partial charge in [0, 0.05) is 12.3 Å². The minimum absolute atomic E-state index is 0.562. The molecule has 0 amide bonds. The SMILES string of the molecule is [CH]1C=C1CC1c2ccccc2-c2ccccc21.